The van der Waals surface area contributed by atoms with Crippen LogP contribution in [0.25, 0.3) is 0 Å². The Kier molecular flexibility index (Phi) is 3.60. The number of sulfonamides is 1. The maximum atomic E-state index is 12.8. The molecular weight excluding hydrogens is 274 g/mol. The highest BCUT2D eigenvalue weighted by Gasteiger charge is 2.47. The molecule has 1 aromatic carbocycles. The van der Waals surface area contributed by atoms with Crippen molar-refractivity contribution in [3.05, 3.63) is 29.8 Å². The average molecular weight is 295 g/mol. The van der Waals surface area contributed by atoms with Crippen molar-refractivity contribution >= 4 is 10.0 Å². The number of benzene rings is 1. The zero-order valence-corrected chi connectivity index (χ0v) is 12.8. The largest absolute Gasteiger partial charge is 0.376 e. The van der Waals surface area contributed by atoms with Crippen LogP contribution in [-0.4, -0.2) is 38.0 Å². The molecule has 0 spiro atoms. The van der Waals surface area contributed by atoms with Crippen LogP contribution in [0.15, 0.2) is 29.2 Å². The summed E-state index contributed by atoms with van der Waals surface area (Å²) in [5, 5.41) is 0. The van der Waals surface area contributed by atoms with E-state index in [1.807, 2.05) is 19.1 Å². The van der Waals surface area contributed by atoms with Crippen molar-refractivity contribution in [1.29, 1.82) is 0 Å². The highest BCUT2D eigenvalue weighted by atomic mass is 32.2. The predicted molar refractivity (Wildman–Crippen MR) is 77.0 cm³/mol. The lowest BCUT2D eigenvalue weighted by atomic mass is 9.98. The van der Waals surface area contributed by atoms with Crippen molar-refractivity contribution in [1.82, 2.24) is 4.31 Å². The summed E-state index contributed by atoms with van der Waals surface area (Å²) in [6, 6.07) is 7.10. The Balaban J connectivity index is 1.93. The van der Waals surface area contributed by atoms with Gasteiger partial charge in [0.1, 0.15) is 0 Å². The van der Waals surface area contributed by atoms with Gasteiger partial charge in [-0.3, -0.25) is 0 Å². The van der Waals surface area contributed by atoms with E-state index in [9.17, 15) is 8.42 Å². The van der Waals surface area contributed by atoms with Crippen LogP contribution < -0.4 is 0 Å². The number of hydrogen-bond donors (Lipinski definition) is 0. The van der Waals surface area contributed by atoms with E-state index in [1.54, 1.807) is 16.4 Å². The normalized spacial score (nSPS) is 31.2. The molecule has 0 radical (unpaired) electrons. The summed E-state index contributed by atoms with van der Waals surface area (Å²) in [6.07, 6.45) is 1.90. The van der Waals surface area contributed by atoms with Crippen LogP contribution in [0.2, 0.25) is 0 Å². The molecule has 20 heavy (non-hydrogen) atoms. The van der Waals surface area contributed by atoms with Crippen molar-refractivity contribution in [3.63, 3.8) is 0 Å². The Morgan fingerprint density at radius 2 is 1.95 bits per heavy atom. The van der Waals surface area contributed by atoms with Crippen molar-refractivity contribution in [2.45, 2.75) is 43.7 Å². The SMILES string of the molecule is Cc1ccc(S(=O)(=O)N2C[C@H](C)[C@H]3OCCC[C@H]32)cc1. The third-order valence-corrected chi connectivity index (χ3v) is 6.27. The van der Waals surface area contributed by atoms with Gasteiger partial charge in [-0.05, 0) is 37.8 Å². The van der Waals surface area contributed by atoms with Gasteiger partial charge >= 0.3 is 0 Å². The van der Waals surface area contributed by atoms with E-state index in [0.29, 0.717) is 11.4 Å². The molecule has 3 rings (SSSR count). The van der Waals surface area contributed by atoms with Crippen molar-refractivity contribution in [2.75, 3.05) is 13.2 Å². The van der Waals surface area contributed by atoms with E-state index in [1.165, 1.54) is 0 Å². The molecule has 2 heterocycles. The second kappa shape index (κ2) is 5.13. The highest BCUT2D eigenvalue weighted by molar-refractivity contribution is 7.89. The maximum absolute atomic E-state index is 12.8. The topological polar surface area (TPSA) is 46.6 Å². The summed E-state index contributed by atoms with van der Waals surface area (Å²) in [4.78, 5) is 0.390. The molecule has 2 saturated heterocycles. The number of ether oxygens (including phenoxy) is 1. The third-order valence-electron chi connectivity index (χ3n) is 4.36. The molecule has 0 N–H and O–H groups in total. The van der Waals surface area contributed by atoms with Gasteiger partial charge in [-0.25, -0.2) is 8.42 Å². The van der Waals surface area contributed by atoms with Crippen LogP contribution in [-0.2, 0) is 14.8 Å². The molecule has 5 heteroatoms. The van der Waals surface area contributed by atoms with E-state index in [0.717, 1.165) is 25.0 Å². The minimum absolute atomic E-state index is 0.00468. The highest BCUT2D eigenvalue weighted by Crippen LogP contribution is 2.36. The molecule has 2 aliphatic heterocycles. The van der Waals surface area contributed by atoms with Gasteiger partial charge in [-0.1, -0.05) is 24.6 Å². The van der Waals surface area contributed by atoms with Crippen molar-refractivity contribution in [2.24, 2.45) is 5.92 Å². The summed E-state index contributed by atoms with van der Waals surface area (Å²) in [7, 11) is -3.41. The molecule has 0 unspecified atom stereocenters. The number of hydrogen-bond acceptors (Lipinski definition) is 3. The number of nitrogens with zero attached hydrogens (tertiary/aromatic N) is 1. The molecule has 2 fully saturated rings. The Labute approximate surface area is 120 Å². The minimum atomic E-state index is -3.41. The molecule has 0 aliphatic carbocycles. The van der Waals surface area contributed by atoms with Crippen LogP contribution >= 0.6 is 0 Å². The lowest BCUT2D eigenvalue weighted by molar-refractivity contribution is -0.0166. The second-order valence-corrected chi connectivity index (χ2v) is 7.80. The standard InChI is InChI=1S/C15H21NO3S/c1-11-5-7-13(8-6-11)20(17,18)16-10-12(2)15-14(16)4-3-9-19-15/h5-8,12,14-15H,3-4,9-10H2,1-2H3/t12-,14+,15+/m0/s1. The molecule has 0 aromatic heterocycles. The van der Waals surface area contributed by atoms with Crippen LogP contribution in [0.5, 0.6) is 0 Å². The van der Waals surface area contributed by atoms with Gasteiger partial charge in [0.05, 0.1) is 17.0 Å². The summed E-state index contributed by atoms with van der Waals surface area (Å²) < 4.78 is 33.1. The minimum Gasteiger partial charge on any atom is -0.376 e. The van der Waals surface area contributed by atoms with Gasteiger partial charge in [0.2, 0.25) is 10.0 Å². The van der Waals surface area contributed by atoms with E-state index in [-0.39, 0.29) is 18.1 Å². The fourth-order valence-electron chi connectivity index (χ4n) is 3.28. The van der Waals surface area contributed by atoms with Gasteiger partial charge in [0.25, 0.3) is 0 Å². The molecule has 0 amide bonds. The van der Waals surface area contributed by atoms with E-state index >= 15 is 0 Å². The Morgan fingerprint density at radius 3 is 2.65 bits per heavy atom. The number of fused-ring (bicyclic) bond motifs is 1. The maximum Gasteiger partial charge on any atom is 0.243 e. The third kappa shape index (κ3) is 2.28. The first-order valence-electron chi connectivity index (χ1n) is 7.20. The fraction of sp³-hybridized carbons (Fsp3) is 0.600. The molecule has 2 aliphatic rings. The van der Waals surface area contributed by atoms with E-state index in [4.69, 9.17) is 4.74 Å². The molecular formula is C15H21NO3S. The smallest absolute Gasteiger partial charge is 0.243 e. The Bertz CT molecular complexity index is 582. The van der Waals surface area contributed by atoms with Crippen LogP contribution in [0.1, 0.15) is 25.3 Å². The van der Waals surface area contributed by atoms with E-state index < -0.39 is 10.0 Å². The summed E-state index contributed by atoms with van der Waals surface area (Å²) in [6.45, 7) is 5.35. The first kappa shape index (κ1) is 14.0. The molecule has 1 aromatic rings. The van der Waals surface area contributed by atoms with Gasteiger partial charge in [0.15, 0.2) is 0 Å². The summed E-state index contributed by atoms with van der Waals surface area (Å²) >= 11 is 0. The Morgan fingerprint density at radius 1 is 1.25 bits per heavy atom. The van der Waals surface area contributed by atoms with Crippen molar-refractivity contribution < 1.29 is 13.2 Å². The van der Waals surface area contributed by atoms with Gasteiger partial charge in [-0.15, -0.1) is 0 Å². The number of aryl methyl sites for hydroxylation is 1. The lowest BCUT2D eigenvalue weighted by Crippen LogP contribution is -2.43. The lowest BCUT2D eigenvalue weighted by Gasteiger charge is -2.31. The van der Waals surface area contributed by atoms with E-state index in [2.05, 4.69) is 6.92 Å². The Hall–Kier alpha value is -0.910. The molecule has 3 atom stereocenters. The number of rotatable bonds is 2. The quantitative estimate of drug-likeness (QED) is 0.840. The van der Waals surface area contributed by atoms with Crippen molar-refractivity contribution in [3.8, 4) is 0 Å². The molecule has 110 valence electrons. The zero-order chi connectivity index (χ0) is 14.3. The van der Waals surface area contributed by atoms with Crippen LogP contribution in [0, 0.1) is 12.8 Å². The second-order valence-electron chi connectivity index (χ2n) is 5.91. The molecule has 4 nitrogen and oxygen atoms in total. The first-order valence-corrected chi connectivity index (χ1v) is 8.64. The summed E-state index contributed by atoms with van der Waals surface area (Å²) in [5.41, 5.74) is 1.07. The monoisotopic (exact) mass is 295 g/mol. The molecule has 0 saturated carbocycles. The van der Waals surface area contributed by atoms with Crippen LogP contribution in [0.3, 0.4) is 0 Å². The van der Waals surface area contributed by atoms with Gasteiger partial charge < -0.3 is 4.74 Å². The first-order chi connectivity index (χ1) is 9.50. The van der Waals surface area contributed by atoms with Gasteiger partial charge in [0, 0.05) is 13.2 Å². The predicted octanol–water partition coefficient (Wildman–Crippen LogP) is 2.18. The zero-order valence-electron chi connectivity index (χ0n) is 12.0. The average Bonchev–Trinajstić information content (AvgIpc) is 2.78. The summed E-state index contributed by atoms with van der Waals surface area (Å²) in [5.74, 6) is 0.264. The fourth-order valence-corrected chi connectivity index (χ4v) is 5.05. The van der Waals surface area contributed by atoms with Gasteiger partial charge in [-0.2, -0.15) is 4.31 Å². The molecule has 0 bridgehead atoms. The van der Waals surface area contributed by atoms with Crippen LogP contribution in [0.4, 0.5) is 0 Å².